The van der Waals surface area contributed by atoms with E-state index in [2.05, 4.69) is 109 Å². The van der Waals surface area contributed by atoms with Crippen LogP contribution in [0.15, 0.2) is 78.9 Å². The van der Waals surface area contributed by atoms with Gasteiger partial charge in [0, 0.05) is 17.6 Å². The van der Waals surface area contributed by atoms with E-state index in [1.54, 1.807) is 0 Å². The second-order valence-corrected chi connectivity index (χ2v) is 9.10. The molecule has 0 N–H and O–H groups in total. The predicted molar refractivity (Wildman–Crippen MR) is 124 cm³/mol. The number of piperidine rings is 1. The average Bonchev–Trinajstić information content (AvgIpc) is 3.12. The van der Waals surface area contributed by atoms with Crippen LogP contribution >= 0.6 is 0 Å². The highest BCUT2D eigenvalue weighted by molar-refractivity contribution is 5.84. The maximum atomic E-state index is 2.77. The topological polar surface area (TPSA) is 6.48 Å². The van der Waals surface area contributed by atoms with Gasteiger partial charge in [0.15, 0.2) is 0 Å². The average molecular weight is 385 g/mol. The van der Waals surface area contributed by atoms with E-state index < -0.39 is 0 Å². The summed E-state index contributed by atoms with van der Waals surface area (Å²) in [6.45, 7) is 7.25. The molecule has 5 atom stereocenters. The third-order valence-corrected chi connectivity index (χ3v) is 7.70. The molecule has 0 amide bonds. The van der Waals surface area contributed by atoms with E-state index in [1.807, 2.05) is 0 Å². The molecule has 2 aliphatic heterocycles. The molecule has 0 aromatic heterocycles. The Morgan fingerprint density at radius 2 is 1.66 bits per heavy atom. The van der Waals surface area contributed by atoms with Crippen molar-refractivity contribution in [3.8, 4) is 0 Å². The highest BCUT2D eigenvalue weighted by Gasteiger charge is 2.57. The molecule has 1 fully saturated rings. The first kappa shape index (κ1) is 18.5. The quantitative estimate of drug-likeness (QED) is 0.530. The van der Waals surface area contributed by atoms with Gasteiger partial charge in [-0.25, -0.2) is 0 Å². The minimum Gasteiger partial charge on any atom is -0.345 e. The van der Waals surface area contributed by atoms with Gasteiger partial charge in [-0.3, -0.25) is 0 Å². The van der Waals surface area contributed by atoms with Crippen molar-refractivity contribution in [2.75, 3.05) is 9.80 Å². The number of rotatable bonds is 3. The maximum Gasteiger partial charge on any atom is 0.110 e. The Morgan fingerprint density at radius 1 is 0.966 bits per heavy atom. The van der Waals surface area contributed by atoms with E-state index in [4.69, 9.17) is 0 Å². The fraction of sp³-hybridized carbons (Fsp3) is 0.407. The van der Waals surface area contributed by atoms with Crippen molar-refractivity contribution in [3.63, 3.8) is 0 Å². The number of benzene rings is 2. The van der Waals surface area contributed by atoms with E-state index >= 15 is 0 Å². The second-order valence-electron chi connectivity index (χ2n) is 9.10. The van der Waals surface area contributed by atoms with Gasteiger partial charge in [-0.15, -0.1) is 0 Å². The van der Waals surface area contributed by atoms with Gasteiger partial charge in [0.25, 0.3) is 0 Å². The summed E-state index contributed by atoms with van der Waals surface area (Å²) in [5.74, 6) is 1.15. The Hall–Kier alpha value is -2.48. The van der Waals surface area contributed by atoms with Gasteiger partial charge in [-0.1, -0.05) is 75.4 Å². The van der Waals surface area contributed by atoms with Crippen LogP contribution in [0.5, 0.6) is 0 Å². The highest BCUT2D eigenvalue weighted by Crippen LogP contribution is 2.59. The first-order valence-electron chi connectivity index (χ1n) is 11.2. The number of para-hydroxylation sites is 3. The molecule has 0 spiro atoms. The molecule has 2 heterocycles. The number of fused-ring (bicyclic) bond motifs is 5. The summed E-state index contributed by atoms with van der Waals surface area (Å²) >= 11 is 0. The molecule has 0 bridgehead atoms. The largest absolute Gasteiger partial charge is 0.345 e. The summed E-state index contributed by atoms with van der Waals surface area (Å²) in [5.41, 5.74) is 4.24. The zero-order chi connectivity index (χ0) is 20.0. The molecule has 2 heteroatoms. The molecule has 2 aromatic carbocycles. The predicted octanol–water partition coefficient (Wildman–Crippen LogP) is 6.93. The van der Waals surface area contributed by atoms with Gasteiger partial charge in [0.2, 0.25) is 0 Å². The van der Waals surface area contributed by atoms with Crippen LogP contribution in [0.2, 0.25) is 0 Å². The first-order valence-corrected chi connectivity index (χ1v) is 11.2. The van der Waals surface area contributed by atoms with Crippen molar-refractivity contribution >= 4 is 17.1 Å². The zero-order valence-electron chi connectivity index (χ0n) is 17.8. The van der Waals surface area contributed by atoms with Crippen molar-refractivity contribution in [1.29, 1.82) is 0 Å². The molecule has 29 heavy (non-hydrogen) atoms. The molecular weight excluding hydrogens is 352 g/mol. The lowest BCUT2D eigenvalue weighted by atomic mass is 9.58. The lowest BCUT2D eigenvalue weighted by Crippen LogP contribution is -2.64. The van der Waals surface area contributed by atoms with Gasteiger partial charge < -0.3 is 9.80 Å². The fourth-order valence-corrected chi connectivity index (χ4v) is 6.10. The molecule has 2 nitrogen and oxygen atoms in total. The fourth-order valence-electron chi connectivity index (χ4n) is 6.10. The summed E-state index contributed by atoms with van der Waals surface area (Å²) < 4.78 is 0. The van der Waals surface area contributed by atoms with Crippen molar-refractivity contribution in [2.45, 2.75) is 52.2 Å². The monoisotopic (exact) mass is 384 g/mol. The molecule has 1 aliphatic carbocycles. The van der Waals surface area contributed by atoms with Gasteiger partial charge in [-0.2, -0.15) is 0 Å². The van der Waals surface area contributed by atoms with Crippen LogP contribution in [0.25, 0.3) is 0 Å². The van der Waals surface area contributed by atoms with Crippen LogP contribution in [0, 0.1) is 17.3 Å². The zero-order valence-corrected chi connectivity index (χ0v) is 17.8. The first-order chi connectivity index (χ1) is 14.2. The van der Waals surface area contributed by atoms with Crippen molar-refractivity contribution < 1.29 is 0 Å². The minimum absolute atomic E-state index is 0.182. The van der Waals surface area contributed by atoms with E-state index in [1.165, 1.54) is 23.5 Å². The molecule has 3 aliphatic rings. The molecule has 0 saturated carbocycles. The van der Waals surface area contributed by atoms with Crippen molar-refractivity contribution in [1.82, 2.24) is 0 Å². The lowest BCUT2D eigenvalue weighted by molar-refractivity contribution is 0.0673. The lowest BCUT2D eigenvalue weighted by Gasteiger charge is -2.58. The second kappa shape index (κ2) is 7.09. The van der Waals surface area contributed by atoms with Gasteiger partial charge in [0.1, 0.15) is 6.17 Å². The number of nitrogens with zero attached hydrogens (tertiary/aromatic N) is 2. The molecule has 5 rings (SSSR count). The van der Waals surface area contributed by atoms with E-state index in [9.17, 15) is 0 Å². The van der Waals surface area contributed by atoms with Crippen molar-refractivity contribution in [3.05, 3.63) is 78.9 Å². The molecule has 2 aromatic rings. The standard InChI is InChI=1S/C27H32N2/c1-4-5-19-27(3)20(2)26-28(21-13-7-6-8-14-21)24-17-11-12-18-25(24)29(26)23-16-10-9-15-22(23)27/h5-14,17-20,22-23,26H,4,15-16H2,1-3H3. The number of hydrogen-bond donors (Lipinski definition) is 0. The number of hydrogen-bond acceptors (Lipinski definition) is 2. The van der Waals surface area contributed by atoms with Gasteiger partial charge in [-0.05, 0) is 54.9 Å². The minimum atomic E-state index is 0.182. The van der Waals surface area contributed by atoms with Gasteiger partial charge >= 0.3 is 0 Å². The molecule has 5 unspecified atom stereocenters. The van der Waals surface area contributed by atoms with Crippen LogP contribution in [0.1, 0.15) is 40.0 Å². The molecule has 1 saturated heterocycles. The summed E-state index contributed by atoms with van der Waals surface area (Å²) in [6.07, 6.45) is 13.5. The normalized spacial score (nSPS) is 32.9. The number of anilines is 3. The number of allylic oxidation sites excluding steroid dienone is 3. The van der Waals surface area contributed by atoms with Crippen LogP contribution in [-0.4, -0.2) is 12.2 Å². The molecular formula is C27H32N2. The maximum absolute atomic E-state index is 2.77. The Morgan fingerprint density at radius 3 is 2.41 bits per heavy atom. The Balaban J connectivity index is 1.70. The van der Waals surface area contributed by atoms with E-state index in [0.717, 1.165) is 12.8 Å². The van der Waals surface area contributed by atoms with Gasteiger partial charge in [0.05, 0.1) is 11.4 Å². The third-order valence-electron chi connectivity index (χ3n) is 7.70. The molecule has 150 valence electrons. The highest BCUT2D eigenvalue weighted by atomic mass is 15.4. The summed E-state index contributed by atoms with van der Waals surface area (Å²) in [6, 6.07) is 20.5. The smallest absolute Gasteiger partial charge is 0.110 e. The summed E-state index contributed by atoms with van der Waals surface area (Å²) in [5, 5.41) is 0. The van der Waals surface area contributed by atoms with E-state index in [-0.39, 0.29) is 5.41 Å². The Bertz CT molecular complexity index is 931. The summed E-state index contributed by atoms with van der Waals surface area (Å²) in [4.78, 5) is 5.37. The van der Waals surface area contributed by atoms with Crippen LogP contribution < -0.4 is 9.80 Å². The SMILES string of the molecule is CCC=CC1(C)C(C)C2N(c3ccccc3)c3ccccc3N2C2CC=CCC21. The Kier molecular flexibility index (Phi) is 4.53. The van der Waals surface area contributed by atoms with E-state index in [0.29, 0.717) is 24.0 Å². The summed E-state index contributed by atoms with van der Waals surface area (Å²) in [7, 11) is 0. The third kappa shape index (κ3) is 2.68. The Labute approximate surface area is 175 Å². The van der Waals surface area contributed by atoms with Crippen LogP contribution in [-0.2, 0) is 0 Å². The van der Waals surface area contributed by atoms with Crippen molar-refractivity contribution in [2.24, 2.45) is 17.3 Å². The molecule has 0 radical (unpaired) electrons. The van der Waals surface area contributed by atoms with Crippen LogP contribution in [0.4, 0.5) is 17.1 Å². The van der Waals surface area contributed by atoms with Crippen LogP contribution in [0.3, 0.4) is 0 Å².